The Morgan fingerprint density at radius 1 is 0.678 bits per heavy atom. The number of ether oxygens (including phenoxy) is 2. The first-order chi connectivity index (χ1) is 28.2. The molecule has 0 spiro atoms. The van der Waals surface area contributed by atoms with Crippen LogP contribution in [0.3, 0.4) is 0 Å². The number of hydrogen-bond acceptors (Lipinski definition) is 8. The van der Waals surface area contributed by atoms with Crippen molar-refractivity contribution in [1.29, 1.82) is 0 Å². The van der Waals surface area contributed by atoms with Crippen molar-refractivity contribution in [1.82, 2.24) is 40.0 Å². The average molecular weight is 805 g/mol. The van der Waals surface area contributed by atoms with Crippen molar-refractivity contribution < 1.29 is 28.7 Å². The molecular formula is C45H56N8O6. The molecule has 2 fully saturated rings. The lowest BCUT2D eigenvalue weighted by atomic mass is 10.00. The van der Waals surface area contributed by atoms with Crippen molar-refractivity contribution in [3.63, 3.8) is 0 Å². The highest BCUT2D eigenvalue weighted by Gasteiger charge is 2.42. The van der Waals surface area contributed by atoms with Gasteiger partial charge in [-0.15, -0.1) is 0 Å². The Bertz CT molecular complexity index is 2370. The third-order valence-corrected chi connectivity index (χ3v) is 12.0. The van der Waals surface area contributed by atoms with Gasteiger partial charge in [-0.1, -0.05) is 77.9 Å². The SMILES string of the molecule is COC(=O)N[C@H](C(=O)N1C[C@@H](C)C[C@H]1c1nc2ccc(-c3ccc(-c4ccc5nc([C@@H]6C[C@H](C)CN6C(=O)[C@@H](NC(=O)OC)C(C)C)n(C)c5c4)cc3)cc2[nH]1)C(C)C. The van der Waals surface area contributed by atoms with Gasteiger partial charge in [-0.05, 0) is 83.0 Å². The van der Waals surface area contributed by atoms with E-state index < -0.39 is 24.3 Å². The Balaban J connectivity index is 1.10. The van der Waals surface area contributed by atoms with Gasteiger partial charge in [0.1, 0.15) is 23.7 Å². The van der Waals surface area contributed by atoms with E-state index in [0.29, 0.717) is 13.1 Å². The van der Waals surface area contributed by atoms with E-state index in [4.69, 9.17) is 19.4 Å². The molecular weight excluding hydrogens is 749 g/mol. The molecule has 14 heteroatoms. The Kier molecular flexibility index (Phi) is 11.7. The summed E-state index contributed by atoms with van der Waals surface area (Å²) >= 11 is 0. The van der Waals surface area contributed by atoms with Crippen LogP contribution in [-0.2, 0) is 26.1 Å². The van der Waals surface area contributed by atoms with Crippen LogP contribution in [-0.4, -0.2) is 92.7 Å². The number of carbonyl (C=O) groups is 4. The minimum atomic E-state index is -0.705. The highest BCUT2D eigenvalue weighted by atomic mass is 16.5. The number of rotatable bonds is 10. The van der Waals surface area contributed by atoms with Crippen molar-refractivity contribution in [3.8, 4) is 22.3 Å². The molecule has 14 nitrogen and oxygen atoms in total. The molecule has 3 N–H and O–H groups in total. The van der Waals surface area contributed by atoms with E-state index in [2.05, 4.69) is 82.6 Å². The lowest BCUT2D eigenvalue weighted by molar-refractivity contribution is -0.136. The summed E-state index contributed by atoms with van der Waals surface area (Å²) in [5, 5.41) is 5.46. The fraction of sp³-hybridized carbons (Fsp3) is 0.467. The topological polar surface area (TPSA) is 164 Å². The van der Waals surface area contributed by atoms with Gasteiger partial charge in [0.15, 0.2) is 0 Å². The van der Waals surface area contributed by atoms with Crippen molar-refractivity contribution in [2.45, 2.75) is 78.6 Å². The molecule has 4 heterocycles. The first kappa shape index (κ1) is 41.2. The number of aryl methyl sites for hydroxylation is 1. The van der Waals surface area contributed by atoms with Gasteiger partial charge in [0.2, 0.25) is 11.8 Å². The number of benzene rings is 3. The average Bonchev–Trinajstić information content (AvgIpc) is 4.01. The van der Waals surface area contributed by atoms with Gasteiger partial charge in [0.25, 0.3) is 0 Å². The molecule has 2 aliphatic rings. The second-order valence-electron chi connectivity index (χ2n) is 17.1. The van der Waals surface area contributed by atoms with Gasteiger partial charge >= 0.3 is 12.2 Å². The van der Waals surface area contributed by atoms with Gasteiger partial charge in [-0.3, -0.25) is 9.59 Å². The summed E-state index contributed by atoms with van der Waals surface area (Å²) in [4.78, 5) is 69.0. The molecule has 2 aliphatic heterocycles. The molecule has 2 saturated heterocycles. The largest absolute Gasteiger partial charge is 0.453 e. The second kappa shape index (κ2) is 16.7. The van der Waals surface area contributed by atoms with Crippen LogP contribution in [0, 0.1) is 23.7 Å². The number of methoxy groups -OCH3 is 2. The van der Waals surface area contributed by atoms with Crippen LogP contribution in [0.5, 0.6) is 0 Å². The number of aromatic amines is 1. The van der Waals surface area contributed by atoms with Crippen molar-refractivity contribution in [3.05, 3.63) is 72.3 Å². The second-order valence-corrected chi connectivity index (χ2v) is 17.1. The molecule has 0 saturated carbocycles. The zero-order chi connectivity index (χ0) is 42.3. The molecule has 3 aromatic carbocycles. The molecule has 7 rings (SSSR count). The highest BCUT2D eigenvalue weighted by molar-refractivity contribution is 5.89. The number of aromatic nitrogens is 4. The number of fused-ring (bicyclic) bond motifs is 2. The van der Waals surface area contributed by atoms with Gasteiger partial charge in [-0.25, -0.2) is 19.6 Å². The summed E-state index contributed by atoms with van der Waals surface area (Å²) < 4.78 is 11.7. The molecule has 0 bridgehead atoms. The van der Waals surface area contributed by atoms with Crippen LogP contribution < -0.4 is 10.6 Å². The normalized spacial score (nSPS) is 20.4. The lowest BCUT2D eigenvalue weighted by Gasteiger charge is -2.30. The number of nitrogens with zero attached hydrogens (tertiary/aromatic N) is 5. The Labute approximate surface area is 345 Å². The summed E-state index contributed by atoms with van der Waals surface area (Å²) in [6.07, 6.45) is 0.293. The lowest BCUT2D eigenvalue weighted by Crippen LogP contribution is -2.51. The van der Waals surface area contributed by atoms with E-state index in [1.54, 1.807) is 0 Å². The summed E-state index contributed by atoms with van der Waals surface area (Å²) in [6, 6.07) is 19.0. The monoisotopic (exact) mass is 804 g/mol. The predicted octanol–water partition coefficient (Wildman–Crippen LogP) is 7.36. The number of carbonyl (C=O) groups excluding carboxylic acids is 4. The number of nitrogens with one attached hydrogen (secondary N) is 3. The Morgan fingerprint density at radius 3 is 1.68 bits per heavy atom. The summed E-state index contributed by atoms with van der Waals surface area (Å²) in [5.41, 5.74) is 7.73. The van der Waals surface area contributed by atoms with E-state index in [9.17, 15) is 19.2 Å². The fourth-order valence-electron chi connectivity index (χ4n) is 8.75. The van der Waals surface area contributed by atoms with Gasteiger partial charge in [0.05, 0.1) is 48.4 Å². The van der Waals surface area contributed by atoms with Crippen LogP contribution in [0.1, 0.15) is 78.1 Å². The standard InChI is InChI=1S/C45H56N8O6/c1-24(2)38(49-44(56)58-8)42(54)52-22-26(5)18-36(52)40-46-32-16-14-30(20-34(32)47-40)28-10-12-29(13-11-28)31-15-17-33-35(21-31)51(7)41(48-33)37-19-27(6)23-53(37)43(55)39(25(3)4)50-45(57)59-9/h10-17,20-21,24-27,36-39H,18-19,22-23H2,1-9H3,(H,46,47)(H,49,56)(H,50,57)/t26-,27-,36-,37-,38-,39-/m0/s1. The van der Waals surface area contributed by atoms with Gasteiger partial charge < -0.3 is 39.5 Å². The zero-order valence-corrected chi connectivity index (χ0v) is 35.4. The van der Waals surface area contributed by atoms with Crippen molar-refractivity contribution in [2.24, 2.45) is 30.7 Å². The molecule has 2 aromatic heterocycles. The number of amides is 4. The van der Waals surface area contributed by atoms with Gasteiger partial charge in [0, 0.05) is 20.1 Å². The maximum Gasteiger partial charge on any atom is 0.407 e. The van der Waals surface area contributed by atoms with Crippen molar-refractivity contribution >= 4 is 46.1 Å². The molecule has 5 aromatic rings. The molecule has 312 valence electrons. The molecule has 0 radical (unpaired) electrons. The number of likely N-dealkylation sites (tertiary alicyclic amines) is 2. The van der Waals surface area contributed by atoms with E-state index in [1.165, 1.54) is 14.2 Å². The van der Waals surface area contributed by atoms with Crippen LogP contribution in [0.25, 0.3) is 44.3 Å². The summed E-state index contributed by atoms with van der Waals surface area (Å²) in [6.45, 7) is 13.1. The summed E-state index contributed by atoms with van der Waals surface area (Å²) in [7, 11) is 4.59. The smallest absolute Gasteiger partial charge is 0.407 e. The van der Waals surface area contributed by atoms with Gasteiger partial charge in [-0.2, -0.15) is 0 Å². The van der Waals surface area contributed by atoms with E-state index in [-0.39, 0.29) is 47.6 Å². The van der Waals surface area contributed by atoms with E-state index in [0.717, 1.165) is 68.8 Å². The first-order valence-corrected chi connectivity index (χ1v) is 20.5. The number of H-pyrrole nitrogens is 1. The third kappa shape index (κ3) is 8.22. The van der Waals surface area contributed by atoms with Crippen LogP contribution in [0.2, 0.25) is 0 Å². The quantitative estimate of drug-likeness (QED) is 0.132. The zero-order valence-electron chi connectivity index (χ0n) is 35.4. The number of alkyl carbamates (subject to hydrolysis) is 2. The highest BCUT2D eigenvalue weighted by Crippen LogP contribution is 2.39. The number of hydrogen-bond donors (Lipinski definition) is 3. The molecule has 0 unspecified atom stereocenters. The summed E-state index contributed by atoms with van der Waals surface area (Å²) in [5.74, 6) is 1.59. The van der Waals surface area contributed by atoms with E-state index in [1.807, 2.05) is 56.7 Å². The number of imidazole rings is 2. The fourth-order valence-corrected chi connectivity index (χ4v) is 8.75. The molecule has 4 amide bonds. The maximum absolute atomic E-state index is 13.9. The minimum absolute atomic E-state index is 0.118. The van der Waals surface area contributed by atoms with Crippen LogP contribution in [0.15, 0.2) is 60.7 Å². The van der Waals surface area contributed by atoms with Crippen LogP contribution >= 0.6 is 0 Å². The molecule has 59 heavy (non-hydrogen) atoms. The Morgan fingerprint density at radius 2 is 1.15 bits per heavy atom. The first-order valence-electron chi connectivity index (χ1n) is 20.5. The maximum atomic E-state index is 13.9. The third-order valence-electron chi connectivity index (χ3n) is 12.0. The Hall–Kier alpha value is -5.92. The molecule has 6 atom stereocenters. The van der Waals surface area contributed by atoms with E-state index >= 15 is 0 Å². The van der Waals surface area contributed by atoms with Crippen LogP contribution in [0.4, 0.5) is 9.59 Å². The van der Waals surface area contributed by atoms with Crippen molar-refractivity contribution in [2.75, 3.05) is 27.3 Å². The predicted molar refractivity (Wildman–Crippen MR) is 226 cm³/mol. The molecule has 0 aliphatic carbocycles. The minimum Gasteiger partial charge on any atom is -0.453 e.